The minimum absolute atomic E-state index is 0.0315. The van der Waals surface area contributed by atoms with E-state index >= 15 is 0 Å². The molecule has 2 aromatic rings. The smallest absolute Gasteiger partial charge is 0.368 e. The van der Waals surface area contributed by atoms with Crippen LogP contribution in [0.3, 0.4) is 0 Å². The van der Waals surface area contributed by atoms with Gasteiger partial charge in [0.2, 0.25) is 11.8 Å². The number of anilines is 3. The van der Waals surface area contributed by atoms with Crippen molar-refractivity contribution in [1.82, 2.24) is 10.3 Å². The van der Waals surface area contributed by atoms with Crippen LogP contribution in [-0.2, 0) is 15.8 Å². The lowest BCUT2D eigenvalue weighted by Gasteiger charge is -2.40. The first-order valence-electron chi connectivity index (χ1n) is 12.4. The van der Waals surface area contributed by atoms with Crippen LogP contribution in [0.1, 0.15) is 30.5 Å². The number of nitrogens with one attached hydrogen (secondary N) is 1. The lowest BCUT2D eigenvalue weighted by atomic mass is 9.93. The number of alkyl halides is 3. The number of carbonyl (C=O) groups is 2. The number of halogens is 4. The molecule has 2 amide bonds. The van der Waals surface area contributed by atoms with Gasteiger partial charge in [0.15, 0.2) is 0 Å². The highest BCUT2D eigenvalue weighted by atomic mass is 35.5. The topological polar surface area (TPSA) is 68.8 Å². The van der Waals surface area contributed by atoms with E-state index in [9.17, 15) is 22.8 Å². The van der Waals surface area contributed by atoms with Crippen LogP contribution in [0.5, 0.6) is 0 Å². The van der Waals surface area contributed by atoms with Crippen LogP contribution in [0, 0.1) is 18.8 Å². The van der Waals surface area contributed by atoms with Crippen molar-refractivity contribution in [2.75, 3.05) is 47.9 Å². The molecule has 1 aromatic carbocycles. The number of aromatic nitrogens is 1. The summed E-state index contributed by atoms with van der Waals surface area (Å²) in [5.41, 5.74) is 0.577. The van der Waals surface area contributed by atoms with Crippen molar-refractivity contribution in [1.29, 1.82) is 0 Å². The summed E-state index contributed by atoms with van der Waals surface area (Å²) < 4.78 is 40.7. The number of benzene rings is 1. The zero-order valence-electron chi connectivity index (χ0n) is 20.7. The molecular formula is C26H29ClF3N5O2. The maximum absolute atomic E-state index is 13.9. The minimum Gasteiger partial charge on any atom is -0.368 e. The van der Waals surface area contributed by atoms with Crippen molar-refractivity contribution in [2.24, 2.45) is 11.8 Å². The second-order valence-corrected chi connectivity index (χ2v) is 10.5. The number of likely N-dealkylation sites (N-methyl/N-ethyl adjacent to an activating group) is 1. The summed E-state index contributed by atoms with van der Waals surface area (Å²) >= 11 is 6.68. The molecular weight excluding hydrogens is 507 g/mol. The van der Waals surface area contributed by atoms with Crippen molar-refractivity contribution in [2.45, 2.75) is 38.4 Å². The number of hydrogen-bond donors (Lipinski definition) is 1. The van der Waals surface area contributed by atoms with Gasteiger partial charge in [0.1, 0.15) is 11.9 Å². The quantitative estimate of drug-likeness (QED) is 0.636. The van der Waals surface area contributed by atoms with E-state index in [0.29, 0.717) is 29.7 Å². The first-order valence-corrected chi connectivity index (χ1v) is 12.8. The van der Waals surface area contributed by atoms with E-state index in [4.69, 9.17) is 11.6 Å². The maximum Gasteiger partial charge on any atom is 0.416 e. The van der Waals surface area contributed by atoms with Crippen molar-refractivity contribution in [3.63, 3.8) is 0 Å². The minimum atomic E-state index is -4.60. The van der Waals surface area contributed by atoms with Gasteiger partial charge < -0.3 is 15.1 Å². The van der Waals surface area contributed by atoms with Crippen molar-refractivity contribution < 1.29 is 22.8 Å². The zero-order valence-corrected chi connectivity index (χ0v) is 21.4. The summed E-state index contributed by atoms with van der Waals surface area (Å²) in [6, 6.07) is 6.18. The van der Waals surface area contributed by atoms with Crippen LogP contribution in [0.4, 0.5) is 30.4 Å². The van der Waals surface area contributed by atoms with Gasteiger partial charge in [0, 0.05) is 38.2 Å². The molecule has 0 radical (unpaired) electrons. The first-order chi connectivity index (χ1) is 17.5. The predicted octanol–water partition coefficient (Wildman–Crippen LogP) is 4.27. The Morgan fingerprint density at radius 3 is 2.59 bits per heavy atom. The molecule has 1 aromatic heterocycles. The number of amides is 2. The molecule has 3 aliphatic rings. The van der Waals surface area contributed by atoms with E-state index in [1.807, 2.05) is 6.07 Å². The number of fused-ring (bicyclic) bond motifs is 2. The molecule has 5 rings (SSSR count). The summed E-state index contributed by atoms with van der Waals surface area (Å²) in [7, 11) is 1.62. The van der Waals surface area contributed by atoms with Gasteiger partial charge in [-0.25, -0.2) is 4.98 Å². The van der Waals surface area contributed by atoms with Crippen LogP contribution in [0.25, 0.3) is 0 Å². The normalized spacial score (nSPS) is 23.1. The van der Waals surface area contributed by atoms with Crippen LogP contribution in [0.2, 0.25) is 5.02 Å². The highest BCUT2D eigenvalue weighted by molar-refractivity contribution is 6.34. The molecule has 0 aliphatic carbocycles. The van der Waals surface area contributed by atoms with Crippen LogP contribution in [-0.4, -0.2) is 56.1 Å². The molecule has 2 fully saturated rings. The van der Waals surface area contributed by atoms with Gasteiger partial charge in [-0.3, -0.25) is 14.5 Å². The fourth-order valence-corrected chi connectivity index (χ4v) is 6.10. The Balaban J connectivity index is 1.58. The number of carbonyl (C=O) groups excluding carboxylic acids is 2. The number of pyridine rings is 1. The van der Waals surface area contributed by atoms with Gasteiger partial charge in [0.05, 0.1) is 22.0 Å². The van der Waals surface area contributed by atoms with Gasteiger partial charge in [-0.1, -0.05) is 17.7 Å². The second kappa shape index (κ2) is 9.79. The van der Waals surface area contributed by atoms with Crippen molar-refractivity contribution in [3.05, 3.63) is 46.6 Å². The average Bonchev–Trinajstić information content (AvgIpc) is 3.17. The molecule has 2 atom stereocenters. The monoisotopic (exact) mass is 535 g/mol. The summed E-state index contributed by atoms with van der Waals surface area (Å²) in [6.07, 6.45) is -2.58. The Bertz CT molecular complexity index is 1220. The summed E-state index contributed by atoms with van der Waals surface area (Å²) in [5.74, 6) is -0.974. The third-order valence-electron chi connectivity index (χ3n) is 7.56. The number of rotatable bonds is 3. The maximum atomic E-state index is 13.9. The molecule has 2 saturated heterocycles. The Hall–Kier alpha value is -2.85. The largest absolute Gasteiger partial charge is 0.416 e. The molecule has 0 saturated carbocycles. The standard InChI is InChI=1S/C26H29ClF3N5O2/c1-15-10-18(26(28,29)30)12-21(32-15)35-22(36)11-17-14-34(13-16-6-8-31-9-7-16)24-19(27)4-3-5-20(24)33(2)25(37)23(17)35/h3-5,10,12,16-17,23,31H,6-9,11,13-14H2,1-2H3/t17-,23+/m1/s1. The molecule has 0 spiro atoms. The van der Waals surface area contributed by atoms with Gasteiger partial charge in [-0.2, -0.15) is 13.2 Å². The van der Waals surface area contributed by atoms with E-state index in [1.165, 1.54) is 16.7 Å². The lowest BCUT2D eigenvalue weighted by molar-refractivity contribution is -0.137. The third kappa shape index (κ3) is 4.88. The number of nitrogens with zero attached hydrogens (tertiary/aromatic N) is 4. The van der Waals surface area contributed by atoms with Crippen molar-refractivity contribution in [3.8, 4) is 0 Å². The summed E-state index contributed by atoms with van der Waals surface area (Å²) in [5, 5.41) is 3.88. The van der Waals surface area contributed by atoms with Gasteiger partial charge in [-0.05, 0) is 63.0 Å². The zero-order chi connectivity index (χ0) is 26.5. The van der Waals surface area contributed by atoms with E-state index in [2.05, 4.69) is 15.2 Å². The van der Waals surface area contributed by atoms with Crippen LogP contribution >= 0.6 is 11.6 Å². The first kappa shape index (κ1) is 25.8. The van der Waals surface area contributed by atoms with E-state index in [1.54, 1.807) is 19.2 Å². The van der Waals surface area contributed by atoms with Gasteiger partial charge >= 0.3 is 6.18 Å². The Kier molecular flexibility index (Phi) is 6.83. The fourth-order valence-electron chi connectivity index (χ4n) is 5.81. The molecule has 3 aliphatic heterocycles. The predicted molar refractivity (Wildman–Crippen MR) is 136 cm³/mol. The molecule has 11 heteroatoms. The summed E-state index contributed by atoms with van der Waals surface area (Å²) in [6.45, 7) is 4.38. The van der Waals surface area contributed by atoms with Crippen molar-refractivity contribution >= 4 is 40.6 Å². The van der Waals surface area contributed by atoms with Crippen LogP contribution in [0.15, 0.2) is 30.3 Å². The van der Waals surface area contributed by atoms with Gasteiger partial charge in [0.25, 0.3) is 0 Å². The Morgan fingerprint density at radius 2 is 1.89 bits per heavy atom. The average molecular weight is 536 g/mol. The molecule has 198 valence electrons. The van der Waals surface area contributed by atoms with E-state index in [-0.39, 0.29) is 23.8 Å². The molecule has 37 heavy (non-hydrogen) atoms. The number of piperidine rings is 1. The van der Waals surface area contributed by atoms with E-state index in [0.717, 1.165) is 43.8 Å². The molecule has 4 heterocycles. The number of hydrogen-bond acceptors (Lipinski definition) is 5. The Morgan fingerprint density at radius 1 is 1.16 bits per heavy atom. The number of aryl methyl sites for hydroxylation is 1. The molecule has 0 unspecified atom stereocenters. The van der Waals surface area contributed by atoms with E-state index < -0.39 is 29.6 Å². The Labute approximate surface area is 218 Å². The van der Waals surface area contributed by atoms with Gasteiger partial charge in [-0.15, -0.1) is 0 Å². The molecule has 0 bridgehead atoms. The van der Waals surface area contributed by atoms with Crippen LogP contribution < -0.4 is 20.0 Å². The second-order valence-electron chi connectivity index (χ2n) is 10.1. The number of para-hydroxylation sites is 1. The third-order valence-corrected chi connectivity index (χ3v) is 7.87. The highest BCUT2D eigenvalue weighted by Gasteiger charge is 2.49. The lowest BCUT2D eigenvalue weighted by Crippen LogP contribution is -2.53. The fraction of sp³-hybridized carbons (Fsp3) is 0.500. The SMILES string of the molecule is Cc1cc(C(F)(F)F)cc(N2C(=O)C[C@@H]3CN(CC4CCNCC4)c4c(Cl)cccc4N(C)C(=O)[C@H]32)n1. The molecule has 7 nitrogen and oxygen atoms in total. The highest BCUT2D eigenvalue weighted by Crippen LogP contribution is 2.43. The summed E-state index contributed by atoms with van der Waals surface area (Å²) in [4.78, 5) is 36.2. The molecule has 1 N–H and O–H groups in total.